The molecule has 0 aromatic carbocycles. The lowest BCUT2D eigenvalue weighted by Gasteiger charge is -2.38. The van der Waals surface area contributed by atoms with Gasteiger partial charge < -0.3 is 10.2 Å². The Bertz CT molecular complexity index is 288. The molecule has 1 aliphatic rings. The van der Waals surface area contributed by atoms with Gasteiger partial charge in [0.2, 0.25) is 0 Å². The molecule has 72 valence electrons. The van der Waals surface area contributed by atoms with E-state index in [-0.39, 0.29) is 16.5 Å². The van der Waals surface area contributed by atoms with Gasteiger partial charge in [-0.25, -0.2) is 0 Å². The van der Waals surface area contributed by atoms with Crippen LogP contribution in [-0.4, -0.2) is 16.3 Å². The fourth-order valence-electron chi connectivity index (χ4n) is 1.10. The quantitative estimate of drug-likeness (QED) is 0.647. The molecule has 0 saturated carbocycles. The lowest BCUT2D eigenvalue weighted by atomic mass is 10.1. The van der Waals surface area contributed by atoms with Crippen LogP contribution in [-0.2, 0) is 4.79 Å². The second kappa shape index (κ2) is 3.07. The van der Waals surface area contributed by atoms with Gasteiger partial charge in [-0.1, -0.05) is 18.2 Å². The summed E-state index contributed by atoms with van der Waals surface area (Å²) in [6, 6.07) is 0. The molecule has 3 nitrogen and oxygen atoms in total. The van der Waals surface area contributed by atoms with Crippen molar-refractivity contribution in [3.8, 4) is 0 Å². The van der Waals surface area contributed by atoms with Crippen LogP contribution in [0.1, 0.15) is 20.8 Å². The number of nitrogens with one attached hydrogen (secondary N) is 1. The van der Waals surface area contributed by atoms with Gasteiger partial charge in [0, 0.05) is 11.7 Å². The Kier molecular flexibility index (Phi) is 2.39. The van der Waals surface area contributed by atoms with Gasteiger partial charge in [-0.05, 0) is 20.8 Å². The predicted octanol–water partition coefficient (Wildman–Crippen LogP) is 1.77. The molecule has 0 fully saturated rings. The Hall–Kier alpha value is -0.960. The number of carbonyl (C=O) groups is 1. The summed E-state index contributed by atoms with van der Waals surface area (Å²) >= 11 is 5.70. The Morgan fingerprint density at radius 3 is 2.54 bits per heavy atom. The monoisotopic (exact) mass is 200 g/mol. The van der Waals surface area contributed by atoms with Crippen molar-refractivity contribution in [1.82, 2.24) is 10.2 Å². The molecule has 0 aliphatic carbocycles. The maximum atomic E-state index is 11.1. The number of carbonyl (C=O) groups excluding carboxylic acids is 1. The van der Waals surface area contributed by atoms with Crippen molar-refractivity contribution in [3.05, 3.63) is 23.6 Å². The molecule has 1 N–H and O–H groups in total. The van der Waals surface area contributed by atoms with Crippen molar-refractivity contribution in [1.29, 1.82) is 0 Å². The number of rotatable bonds is 0. The van der Waals surface area contributed by atoms with Crippen LogP contribution in [0.3, 0.4) is 0 Å². The largest absolute Gasteiger partial charge is 0.328 e. The van der Waals surface area contributed by atoms with E-state index in [1.807, 2.05) is 25.7 Å². The lowest BCUT2D eigenvalue weighted by molar-refractivity contribution is -0.117. The number of hydrogen-bond donors (Lipinski definition) is 1. The van der Waals surface area contributed by atoms with Crippen LogP contribution in [0.25, 0.3) is 0 Å². The minimum absolute atomic E-state index is 0.134. The molecule has 0 saturated heterocycles. The number of hydrogen-bond acceptors (Lipinski definition) is 2. The summed E-state index contributed by atoms with van der Waals surface area (Å²) in [4.78, 5) is 12.9. The second-order valence-electron chi connectivity index (χ2n) is 3.92. The number of amides is 1. The zero-order chi connectivity index (χ0) is 10.2. The zero-order valence-corrected chi connectivity index (χ0v) is 8.77. The van der Waals surface area contributed by atoms with Crippen LogP contribution < -0.4 is 5.32 Å². The molecule has 0 atom stereocenters. The summed E-state index contributed by atoms with van der Waals surface area (Å²) in [7, 11) is 0. The molecule has 0 unspecified atom stereocenters. The van der Waals surface area contributed by atoms with Crippen molar-refractivity contribution >= 4 is 17.5 Å². The van der Waals surface area contributed by atoms with Crippen molar-refractivity contribution in [3.63, 3.8) is 0 Å². The van der Waals surface area contributed by atoms with Crippen molar-refractivity contribution in [2.75, 3.05) is 0 Å². The van der Waals surface area contributed by atoms with E-state index >= 15 is 0 Å². The summed E-state index contributed by atoms with van der Waals surface area (Å²) in [5, 5.41) is 2.76. The molecular weight excluding hydrogens is 188 g/mol. The maximum absolute atomic E-state index is 11.1. The smallest absolute Gasteiger partial charge is 0.269 e. The standard InChI is InChI=1S/C9H13ClN2O/c1-6-11-8(13)7(10)5-12(6)9(2,3)4/h5H,1H2,2-4H3,(H,11,13). The van der Waals surface area contributed by atoms with E-state index in [1.54, 1.807) is 6.20 Å². The number of halogens is 1. The predicted molar refractivity (Wildman–Crippen MR) is 52.8 cm³/mol. The van der Waals surface area contributed by atoms with Crippen LogP contribution in [0, 0.1) is 0 Å². The Labute approximate surface area is 83.0 Å². The van der Waals surface area contributed by atoms with E-state index in [0.717, 1.165) is 0 Å². The highest BCUT2D eigenvalue weighted by Gasteiger charge is 2.27. The van der Waals surface area contributed by atoms with Gasteiger partial charge in [-0.3, -0.25) is 4.79 Å². The molecule has 0 radical (unpaired) electrons. The van der Waals surface area contributed by atoms with Crippen LogP contribution in [0.4, 0.5) is 0 Å². The lowest BCUT2D eigenvalue weighted by Crippen LogP contribution is -2.45. The topological polar surface area (TPSA) is 32.3 Å². The van der Waals surface area contributed by atoms with Crippen LogP contribution in [0.2, 0.25) is 0 Å². The zero-order valence-electron chi connectivity index (χ0n) is 8.02. The molecular formula is C9H13ClN2O. The van der Waals surface area contributed by atoms with E-state index in [9.17, 15) is 4.79 Å². The molecule has 1 amide bonds. The fourth-order valence-corrected chi connectivity index (χ4v) is 1.24. The van der Waals surface area contributed by atoms with E-state index in [0.29, 0.717) is 5.82 Å². The highest BCUT2D eigenvalue weighted by Crippen LogP contribution is 2.23. The first-order chi connectivity index (χ1) is 5.82. The molecule has 0 aromatic heterocycles. The fraction of sp³-hybridized carbons (Fsp3) is 0.444. The van der Waals surface area contributed by atoms with Crippen molar-refractivity contribution in [2.45, 2.75) is 26.3 Å². The SMILES string of the molecule is C=C1NC(=O)C(Cl)=CN1C(C)(C)C. The van der Waals surface area contributed by atoms with Gasteiger partial charge >= 0.3 is 0 Å². The Morgan fingerprint density at radius 2 is 2.08 bits per heavy atom. The van der Waals surface area contributed by atoms with Gasteiger partial charge in [0.05, 0.1) is 0 Å². The van der Waals surface area contributed by atoms with E-state index in [2.05, 4.69) is 11.9 Å². The third kappa shape index (κ3) is 2.04. The average molecular weight is 201 g/mol. The average Bonchev–Trinajstić information content (AvgIpc) is 1.94. The first kappa shape index (κ1) is 10.1. The summed E-state index contributed by atoms with van der Waals surface area (Å²) in [5.74, 6) is 0.258. The van der Waals surface area contributed by atoms with Gasteiger partial charge in [0.1, 0.15) is 10.9 Å². The van der Waals surface area contributed by atoms with Crippen LogP contribution in [0.5, 0.6) is 0 Å². The summed E-state index contributed by atoms with van der Waals surface area (Å²) in [6.45, 7) is 9.77. The van der Waals surface area contributed by atoms with Crippen LogP contribution in [0.15, 0.2) is 23.6 Å². The molecule has 1 heterocycles. The highest BCUT2D eigenvalue weighted by molar-refractivity contribution is 6.42. The van der Waals surface area contributed by atoms with Gasteiger partial charge in [-0.15, -0.1) is 0 Å². The Balaban J connectivity index is 3.01. The molecule has 1 rings (SSSR count). The number of nitrogens with zero attached hydrogens (tertiary/aromatic N) is 1. The molecule has 0 bridgehead atoms. The van der Waals surface area contributed by atoms with Gasteiger partial charge in [0.15, 0.2) is 0 Å². The molecule has 0 aromatic rings. The minimum Gasteiger partial charge on any atom is -0.328 e. The third-order valence-corrected chi connectivity index (χ3v) is 2.00. The summed E-state index contributed by atoms with van der Waals surface area (Å²) < 4.78 is 0. The summed E-state index contributed by atoms with van der Waals surface area (Å²) in [6.07, 6.45) is 1.60. The van der Waals surface area contributed by atoms with Crippen molar-refractivity contribution < 1.29 is 4.79 Å². The first-order valence-electron chi connectivity index (χ1n) is 3.99. The van der Waals surface area contributed by atoms with Gasteiger partial charge in [-0.2, -0.15) is 0 Å². The minimum atomic E-state index is -0.299. The molecule has 4 heteroatoms. The maximum Gasteiger partial charge on any atom is 0.269 e. The van der Waals surface area contributed by atoms with E-state index in [1.165, 1.54) is 0 Å². The first-order valence-corrected chi connectivity index (χ1v) is 4.37. The third-order valence-electron chi connectivity index (χ3n) is 1.73. The molecule has 13 heavy (non-hydrogen) atoms. The summed E-state index contributed by atoms with van der Waals surface area (Å²) in [5.41, 5.74) is -0.134. The Morgan fingerprint density at radius 1 is 1.54 bits per heavy atom. The second-order valence-corrected chi connectivity index (χ2v) is 4.33. The van der Waals surface area contributed by atoms with E-state index < -0.39 is 0 Å². The van der Waals surface area contributed by atoms with Crippen LogP contribution >= 0.6 is 11.6 Å². The van der Waals surface area contributed by atoms with Gasteiger partial charge in [0.25, 0.3) is 5.91 Å². The molecule has 1 aliphatic heterocycles. The molecule has 0 spiro atoms. The highest BCUT2D eigenvalue weighted by atomic mass is 35.5. The normalized spacial score (nSPS) is 18.5. The van der Waals surface area contributed by atoms with E-state index in [4.69, 9.17) is 11.6 Å². The van der Waals surface area contributed by atoms with Crippen molar-refractivity contribution in [2.24, 2.45) is 0 Å².